The molecule has 0 atom stereocenters. The third-order valence-corrected chi connectivity index (χ3v) is 5.91. The maximum Gasteiger partial charge on any atom is 0.178 e. The lowest BCUT2D eigenvalue weighted by atomic mass is 9.99. The Hall–Kier alpha value is -3.26. The molecular formula is C26H20O2. The summed E-state index contributed by atoms with van der Waals surface area (Å²) in [6, 6.07) is 19.6. The Morgan fingerprint density at radius 1 is 0.643 bits per heavy atom. The van der Waals surface area contributed by atoms with Crippen molar-refractivity contribution >= 4 is 54.6 Å². The molecule has 0 radical (unpaired) electrons. The van der Waals surface area contributed by atoms with Gasteiger partial charge in [-0.25, -0.2) is 0 Å². The largest absolute Gasteiger partial charge is 0.452 e. The van der Waals surface area contributed by atoms with Crippen LogP contribution in [0, 0.1) is 13.8 Å². The van der Waals surface area contributed by atoms with E-state index in [1.165, 1.54) is 38.2 Å². The van der Waals surface area contributed by atoms with Crippen LogP contribution in [0.2, 0.25) is 0 Å². The summed E-state index contributed by atoms with van der Waals surface area (Å²) in [5.74, 6) is 0. The lowest BCUT2D eigenvalue weighted by molar-refractivity contribution is 0.633. The molecule has 6 aromatic rings. The van der Waals surface area contributed by atoms with Crippen molar-refractivity contribution in [2.24, 2.45) is 0 Å². The summed E-state index contributed by atoms with van der Waals surface area (Å²) >= 11 is 0. The standard InChI is InChI=1S/C26H20O2/c1-4-16-11-20-19-10-15(3)6-8-22(19)27-25(20)26-24(16)21-12-17-7-5-14(2)9-18(17)13-23(21)28-26/h5-13H,4H2,1-3H3. The second-order valence-electron chi connectivity index (χ2n) is 7.87. The molecule has 0 saturated carbocycles. The molecule has 2 nitrogen and oxygen atoms in total. The van der Waals surface area contributed by atoms with E-state index in [1.807, 2.05) is 0 Å². The molecule has 0 aliphatic rings. The van der Waals surface area contributed by atoms with Crippen LogP contribution in [-0.4, -0.2) is 0 Å². The van der Waals surface area contributed by atoms with E-state index in [9.17, 15) is 0 Å². The van der Waals surface area contributed by atoms with Gasteiger partial charge in [-0.2, -0.15) is 0 Å². The molecule has 2 aromatic heterocycles. The van der Waals surface area contributed by atoms with Crippen LogP contribution in [0.25, 0.3) is 54.6 Å². The van der Waals surface area contributed by atoms with Gasteiger partial charge in [-0.05, 0) is 66.9 Å². The summed E-state index contributed by atoms with van der Waals surface area (Å²) in [7, 11) is 0. The Morgan fingerprint density at radius 3 is 2.29 bits per heavy atom. The van der Waals surface area contributed by atoms with Gasteiger partial charge in [0.25, 0.3) is 0 Å². The Bertz CT molecular complexity index is 1550. The number of hydrogen-bond donors (Lipinski definition) is 0. The van der Waals surface area contributed by atoms with Crippen molar-refractivity contribution in [1.82, 2.24) is 0 Å². The van der Waals surface area contributed by atoms with Crippen LogP contribution in [0.5, 0.6) is 0 Å². The van der Waals surface area contributed by atoms with Crippen LogP contribution in [0.3, 0.4) is 0 Å². The predicted octanol–water partition coefficient (Wildman–Crippen LogP) is 7.82. The van der Waals surface area contributed by atoms with E-state index in [2.05, 4.69) is 75.4 Å². The second kappa shape index (κ2) is 5.39. The molecule has 4 aromatic carbocycles. The molecule has 2 heteroatoms. The van der Waals surface area contributed by atoms with E-state index in [4.69, 9.17) is 8.83 Å². The summed E-state index contributed by atoms with van der Waals surface area (Å²) in [5.41, 5.74) is 7.35. The Morgan fingerprint density at radius 2 is 1.43 bits per heavy atom. The molecule has 0 saturated heterocycles. The molecule has 6 rings (SSSR count). The quantitative estimate of drug-likeness (QED) is 0.297. The second-order valence-corrected chi connectivity index (χ2v) is 7.87. The van der Waals surface area contributed by atoms with E-state index in [0.717, 1.165) is 39.5 Å². The molecule has 0 N–H and O–H groups in total. The maximum atomic E-state index is 6.42. The molecule has 0 bridgehead atoms. The lowest BCUT2D eigenvalue weighted by Crippen LogP contribution is -1.83. The van der Waals surface area contributed by atoms with Crippen LogP contribution in [-0.2, 0) is 6.42 Å². The maximum absolute atomic E-state index is 6.42. The minimum atomic E-state index is 0.851. The molecule has 136 valence electrons. The average molecular weight is 364 g/mol. The van der Waals surface area contributed by atoms with E-state index in [1.54, 1.807) is 0 Å². The molecule has 0 spiro atoms. The highest BCUT2D eigenvalue weighted by atomic mass is 16.4. The number of hydrogen-bond acceptors (Lipinski definition) is 2. The summed E-state index contributed by atoms with van der Waals surface area (Å²) in [6.07, 6.45) is 0.950. The zero-order valence-corrected chi connectivity index (χ0v) is 16.2. The van der Waals surface area contributed by atoms with E-state index in [-0.39, 0.29) is 0 Å². The SMILES string of the molecule is CCc1cc2c3cc(C)ccc3oc2c2oc3cc4cc(C)ccc4cc3c12. The van der Waals surface area contributed by atoms with Crippen molar-refractivity contribution in [3.63, 3.8) is 0 Å². The van der Waals surface area contributed by atoms with Crippen molar-refractivity contribution in [1.29, 1.82) is 0 Å². The molecule has 0 aliphatic carbocycles. The zero-order valence-electron chi connectivity index (χ0n) is 16.2. The minimum absolute atomic E-state index is 0.851. The minimum Gasteiger partial charge on any atom is -0.452 e. The highest BCUT2D eigenvalue weighted by Crippen LogP contribution is 2.42. The van der Waals surface area contributed by atoms with Crippen molar-refractivity contribution in [2.75, 3.05) is 0 Å². The van der Waals surface area contributed by atoms with Crippen LogP contribution in [0.1, 0.15) is 23.6 Å². The van der Waals surface area contributed by atoms with Gasteiger partial charge in [-0.3, -0.25) is 0 Å². The highest BCUT2D eigenvalue weighted by molar-refractivity contribution is 6.21. The fourth-order valence-corrected chi connectivity index (χ4v) is 4.51. The molecule has 2 heterocycles. The van der Waals surface area contributed by atoms with Crippen molar-refractivity contribution in [3.05, 3.63) is 71.3 Å². The van der Waals surface area contributed by atoms with E-state index >= 15 is 0 Å². The Kier molecular flexibility index (Phi) is 3.03. The van der Waals surface area contributed by atoms with Crippen LogP contribution >= 0.6 is 0 Å². The van der Waals surface area contributed by atoms with E-state index in [0.29, 0.717) is 0 Å². The number of aryl methyl sites for hydroxylation is 3. The molecule has 0 unspecified atom stereocenters. The normalized spacial score (nSPS) is 12.2. The predicted molar refractivity (Wildman–Crippen MR) is 117 cm³/mol. The number of fused-ring (bicyclic) bond motifs is 8. The van der Waals surface area contributed by atoms with Crippen molar-refractivity contribution in [3.8, 4) is 0 Å². The summed E-state index contributed by atoms with van der Waals surface area (Å²) in [6.45, 7) is 6.45. The van der Waals surface area contributed by atoms with Crippen LogP contribution < -0.4 is 0 Å². The first-order chi connectivity index (χ1) is 13.6. The topological polar surface area (TPSA) is 26.3 Å². The fraction of sp³-hybridized carbons (Fsp3) is 0.154. The first-order valence-corrected chi connectivity index (χ1v) is 9.84. The van der Waals surface area contributed by atoms with Gasteiger partial charge in [-0.15, -0.1) is 0 Å². The zero-order chi connectivity index (χ0) is 19.0. The van der Waals surface area contributed by atoms with Gasteiger partial charge in [0.05, 0.1) is 0 Å². The molecule has 0 fully saturated rings. The number of benzene rings is 4. The van der Waals surface area contributed by atoms with Gasteiger partial charge in [-0.1, -0.05) is 42.3 Å². The van der Waals surface area contributed by atoms with Gasteiger partial charge in [0.15, 0.2) is 11.2 Å². The van der Waals surface area contributed by atoms with Gasteiger partial charge in [0.1, 0.15) is 11.2 Å². The van der Waals surface area contributed by atoms with Crippen LogP contribution in [0.15, 0.2) is 63.4 Å². The molecule has 0 aliphatic heterocycles. The van der Waals surface area contributed by atoms with Crippen molar-refractivity contribution in [2.45, 2.75) is 27.2 Å². The monoisotopic (exact) mass is 364 g/mol. The smallest absolute Gasteiger partial charge is 0.178 e. The van der Waals surface area contributed by atoms with E-state index < -0.39 is 0 Å². The summed E-state index contributed by atoms with van der Waals surface area (Å²) in [5, 5.41) is 7.10. The first kappa shape index (κ1) is 15.8. The van der Waals surface area contributed by atoms with Crippen LogP contribution in [0.4, 0.5) is 0 Å². The van der Waals surface area contributed by atoms with Gasteiger partial charge < -0.3 is 8.83 Å². The van der Waals surface area contributed by atoms with Crippen molar-refractivity contribution < 1.29 is 8.83 Å². The third kappa shape index (κ3) is 2.03. The fourth-order valence-electron chi connectivity index (χ4n) is 4.51. The average Bonchev–Trinajstić information content (AvgIpc) is 3.23. The summed E-state index contributed by atoms with van der Waals surface area (Å²) in [4.78, 5) is 0. The number of furan rings is 2. The Balaban J connectivity index is 1.84. The lowest BCUT2D eigenvalue weighted by Gasteiger charge is -2.02. The van der Waals surface area contributed by atoms with Gasteiger partial charge >= 0.3 is 0 Å². The molecular weight excluding hydrogens is 344 g/mol. The molecule has 0 amide bonds. The molecule has 28 heavy (non-hydrogen) atoms. The summed E-state index contributed by atoms with van der Waals surface area (Å²) < 4.78 is 12.7. The van der Waals surface area contributed by atoms with Gasteiger partial charge in [0, 0.05) is 21.5 Å². The Labute approximate surface area is 162 Å². The van der Waals surface area contributed by atoms with Gasteiger partial charge in [0.2, 0.25) is 0 Å². The third-order valence-electron chi connectivity index (χ3n) is 5.91. The first-order valence-electron chi connectivity index (χ1n) is 9.84. The highest BCUT2D eigenvalue weighted by Gasteiger charge is 2.19. The number of rotatable bonds is 1.